The highest BCUT2D eigenvalue weighted by Gasteiger charge is 2.18. The third kappa shape index (κ3) is 7.70. The largest absolute Gasteiger partial charge is 0.497 e. The number of amides is 2. The minimum Gasteiger partial charge on any atom is -0.497 e. The molecule has 1 atom stereocenters. The number of para-hydroxylation sites is 1. The molecule has 2 amide bonds. The second-order valence-electron chi connectivity index (χ2n) is 8.71. The van der Waals surface area contributed by atoms with Crippen molar-refractivity contribution < 1.29 is 14.3 Å². The fourth-order valence-electron chi connectivity index (χ4n) is 4.35. The van der Waals surface area contributed by atoms with Crippen molar-refractivity contribution in [2.45, 2.75) is 45.6 Å². The zero-order chi connectivity index (χ0) is 27.3. The Kier molecular flexibility index (Phi) is 11.4. The van der Waals surface area contributed by atoms with E-state index in [9.17, 15) is 9.59 Å². The number of rotatable bonds is 12. The number of benzene rings is 2. The van der Waals surface area contributed by atoms with Crippen LogP contribution in [-0.4, -0.2) is 42.0 Å². The number of aromatic amines is 1. The van der Waals surface area contributed by atoms with Crippen molar-refractivity contribution in [2.24, 2.45) is 5.14 Å². The fourth-order valence-corrected chi connectivity index (χ4v) is 4.61. The Balaban J connectivity index is 0.000000241. The number of carbonyl (C=O) groups is 2. The van der Waals surface area contributed by atoms with Gasteiger partial charge < -0.3 is 20.4 Å². The molecule has 10 heteroatoms. The predicted molar refractivity (Wildman–Crippen MR) is 156 cm³/mol. The summed E-state index contributed by atoms with van der Waals surface area (Å²) in [6.45, 7) is 5.05. The van der Waals surface area contributed by atoms with E-state index in [-0.39, 0.29) is 5.91 Å². The number of fused-ring (bicyclic) bond motifs is 2. The van der Waals surface area contributed by atoms with Gasteiger partial charge in [-0.25, -0.2) is 0 Å². The zero-order valence-electron chi connectivity index (χ0n) is 22.0. The second kappa shape index (κ2) is 15.0. The number of hydrogen-bond donors (Lipinski definition) is 5. The maximum absolute atomic E-state index is 12.5. The summed E-state index contributed by atoms with van der Waals surface area (Å²) in [5.74, 6) is 0.674. The number of nitrogens with two attached hydrogens (primary N) is 1. The Labute approximate surface area is 227 Å². The number of H-pyrrole nitrogens is 1. The van der Waals surface area contributed by atoms with Crippen molar-refractivity contribution in [3.63, 3.8) is 0 Å². The van der Waals surface area contributed by atoms with Gasteiger partial charge in [-0.3, -0.25) is 24.4 Å². The number of hydrogen-bond acceptors (Lipinski definition) is 7. The van der Waals surface area contributed by atoms with Crippen molar-refractivity contribution >= 4 is 51.9 Å². The number of ether oxygens (including phenoxy) is 1. The summed E-state index contributed by atoms with van der Waals surface area (Å²) in [6, 6.07) is 14.9. The molecule has 0 saturated carbocycles. The number of carbonyl (C=O) groups excluding carboxylic acids is 2. The summed E-state index contributed by atoms with van der Waals surface area (Å²) in [5.41, 5.74) is 5.20. The number of aromatic nitrogens is 2. The molecular weight excluding hydrogens is 500 g/mol. The van der Waals surface area contributed by atoms with Crippen LogP contribution in [0.2, 0.25) is 0 Å². The van der Waals surface area contributed by atoms with Gasteiger partial charge in [-0.15, -0.1) is 0 Å². The lowest BCUT2D eigenvalue weighted by Gasteiger charge is -2.16. The highest BCUT2D eigenvalue weighted by atomic mass is 32.2. The van der Waals surface area contributed by atoms with Gasteiger partial charge in [0.25, 0.3) is 0 Å². The van der Waals surface area contributed by atoms with Crippen LogP contribution in [0.5, 0.6) is 5.75 Å². The second-order valence-corrected chi connectivity index (χ2v) is 9.23. The van der Waals surface area contributed by atoms with Gasteiger partial charge >= 0.3 is 0 Å². The molecule has 202 valence electrons. The third-order valence-electron chi connectivity index (χ3n) is 6.26. The van der Waals surface area contributed by atoms with Crippen LogP contribution in [0.25, 0.3) is 21.8 Å². The first-order valence-corrected chi connectivity index (χ1v) is 13.5. The maximum atomic E-state index is 12.5. The molecule has 0 bridgehead atoms. The number of unbranched alkanes of at least 4 members (excludes halogenated alkanes) is 1. The van der Waals surface area contributed by atoms with Crippen LogP contribution < -0.4 is 25.2 Å². The van der Waals surface area contributed by atoms with Gasteiger partial charge in [0, 0.05) is 46.9 Å². The van der Waals surface area contributed by atoms with E-state index < -0.39 is 6.04 Å². The summed E-state index contributed by atoms with van der Waals surface area (Å²) in [4.78, 5) is 30.9. The average molecular weight is 537 g/mol. The molecule has 6 N–H and O–H groups in total. The maximum Gasteiger partial charge on any atom is 0.246 e. The van der Waals surface area contributed by atoms with Crippen LogP contribution >= 0.6 is 12.1 Å². The lowest BCUT2D eigenvalue weighted by atomic mass is 10.1. The summed E-state index contributed by atoms with van der Waals surface area (Å²) in [5, 5.41) is 12.9. The van der Waals surface area contributed by atoms with E-state index in [1.165, 1.54) is 22.2 Å². The molecule has 0 aliphatic heterocycles. The normalized spacial score (nSPS) is 11.5. The average Bonchev–Trinajstić information content (AvgIpc) is 3.26. The van der Waals surface area contributed by atoms with Crippen LogP contribution in [0.1, 0.15) is 37.4 Å². The minimum absolute atomic E-state index is 0.249. The molecule has 0 spiro atoms. The first-order valence-electron chi connectivity index (χ1n) is 12.6. The van der Waals surface area contributed by atoms with E-state index in [4.69, 9.17) is 9.88 Å². The van der Waals surface area contributed by atoms with Crippen LogP contribution in [0.4, 0.5) is 5.69 Å². The van der Waals surface area contributed by atoms with Crippen LogP contribution in [0.3, 0.4) is 0 Å². The van der Waals surface area contributed by atoms with Gasteiger partial charge in [0.05, 0.1) is 18.3 Å². The highest BCUT2D eigenvalue weighted by molar-refractivity contribution is 7.95. The minimum atomic E-state index is -0.577. The Hall–Kier alpha value is -3.60. The lowest BCUT2D eigenvalue weighted by molar-refractivity contribution is -0.121. The van der Waals surface area contributed by atoms with Crippen molar-refractivity contribution in [3.05, 3.63) is 66.0 Å². The number of pyridine rings is 1. The van der Waals surface area contributed by atoms with Crippen molar-refractivity contribution in [3.8, 4) is 5.75 Å². The number of nitrogens with one attached hydrogen (secondary N) is 4. The monoisotopic (exact) mass is 536 g/mol. The Morgan fingerprint density at radius 1 is 1.21 bits per heavy atom. The van der Waals surface area contributed by atoms with Gasteiger partial charge in [0.15, 0.2) is 0 Å². The molecule has 0 aliphatic carbocycles. The summed E-state index contributed by atoms with van der Waals surface area (Å²) >= 11 is 1.07. The highest BCUT2D eigenvalue weighted by Crippen LogP contribution is 2.26. The van der Waals surface area contributed by atoms with Gasteiger partial charge in [-0.05, 0) is 68.5 Å². The molecule has 2 aromatic heterocycles. The van der Waals surface area contributed by atoms with Crippen molar-refractivity contribution in [2.75, 3.05) is 19.0 Å². The number of nitrogens with zero attached hydrogens (tertiary/aromatic N) is 1. The van der Waals surface area contributed by atoms with Gasteiger partial charge in [0.1, 0.15) is 11.8 Å². The van der Waals surface area contributed by atoms with Crippen molar-refractivity contribution in [1.82, 2.24) is 20.0 Å². The van der Waals surface area contributed by atoms with E-state index >= 15 is 0 Å². The summed E-state index contributed by atoms with van der Waals surface area (Å²) in [7, 11) is 1.70. The molecule has 0 aliphatic rings. The number of methoxy groups -OCH3 is 1. The first kappa shape index (κ1) is 29.0. The smallest absolute Gasteiger partial charge is 0.246 e. The lowest BCUT2D eigenvalue weighted by Crippen LogP contribution is -2.40. The molecule has 0 radical (unpaired) electrons. The van der Waals surface area contributed by atoms with Crippen LogP contribution in [0, 0.1) is 6.92 Å². The molecule has 38 heavy (non-hydrogen) atoms. The Morgan fingerprint density at radius 2 is 2.03 bits per heavy atom. The topological polar surface area (TPSA) is 134 Å². The molecule has 4 rings (SSSR count). The zero-order valence-corrected chi connectivity index (χ0v) is 22.9. The van der Waals surface area contributed by atoms with E-state index in [1.807, 2.05) is 30.3 Å². The van der Waals surface area contributed by atoms with E-state index in [1.54, 1.807) is 19.4 Å². The van der Waals surface area contributed by atoms with E-state index in [0.29, 0.717) is 18.5 Å². The Bertz CT molecular complexity index is 1340. The molecule has 0 fully saturated rings. The number of aryl methyl sites for hydroxylation is 2. The third-order valence-corrected chi connectivity index (χ3v) is 6.63. The van der Waals surface area contributed by atoms with Gasteiger partial charge in [-0.1, -0.05) is 25.1 Å². The SMILES string of the molecule is CCc1c(C)[nH]c2ccc(OC)cc12.NSNCCCCC(NC=O)C(=O)Nc1cccc2cccnc12. The molecule has 9 nitrogen and oxygen atoms in total. The Morgan fingerprint density at radius 3 is 2.76 bits per heavy atom. The predicted octanol–water partition coefficient (Wildman–Crippen LogP) is 4.62. The first-order chi connectivity index (χ1) is 18.5. The summed E-state index contributed by atoms with van der Waals surface area (Å²) < 4.78 is 8.16. The van der Waals surface area contributed by atoms with E-state index in [0.717, 1.165) is 54.6 Å². The summed E-state index contributed by atoms with van der Waals surface area (Å²) in [6.07, 6.45) is 5.50. The standard InChI is InChI=1S/C16H21N5O2S.C12H15NO/c17-24-20-10-2-1-7-14(19-11-22)16(23)21-13-8-3-5-12-6-4-9-18-15(12)13;1-4-10-8(2)13-12-6-5-9(14-3)7-11(10)12/h3-6,8-9,11,14,20H,1-2,7,10,17H2,(H,19,22)(H,21,23);5-7,13H,4H2,1-3H3. The molecule has 0 saturated heterocycles. The molecule has 4 aromatic rings. The molecule has 2 aromatic carbocycles. The molecular formula is C28H36N6O3S. The molecule has 1 unspecified atom stereocenters. The fraction of sp³-hybridized carbons (Fsp3) is 0.321. The number of anilines is 1. The van der Waals surface area contributed by atoms with E-state index in [2.05, 4.69) is 51.3 Å². The van der Waals surface area contributed by atoms with Crippen molar-refractivity contribution in [1.29, 1.82) is 0 Å². The van der Waals surface area contributed by atoms with Crippen LogP contribution in [-0.2, 0) is 16.0 Å². The quantitative estimate of drug-likeness (QED) is 0.101. The van der Waals surface area contributed by atoms with Crippen LogP contribution in [0.15, 0.2) is 54.7 Å². The van der Waals surface area contributed by atoms with Gasteiger partial charge in [0.2, 0.25) is 12.3 Å². The van der Waals surface area contributed by atoms with Gasteiger partial charge in [-0.2, -0.15) is 0 Å². The molecule has 2 heterocycles.